The number of rotatable bonds is 4. The van der Waals surface area contributed by atoms with Crippen LogP contribution in [0.1, 0.15) is 11.1 Å². The Bertz CT molecular complexity index is 719. The van der Waals surface area contributed by atoms with Crippen molar-refractivity contribution in [2.24, 2.45) is 5.10 Å². The molecule has 3 rings (SSSR count). The van der Waals surface area contributed by atoms with Crippen molar-refractivity contribution in [2.45, 2.75) is 18.1 Å². The van der Waals surface area contributed by atoms with Gasteiger partial charge >= 0.3 is 6.18 Å². The fourth-order valence-corrected chi connectivity index (χ4v) is 2.86. The molecule has 2 aromatic rings. The molecule has 0 fully saturated rings. The Balaban J connectivity index is 1.68. The summed E-state index contributed by atoms with van der Waals surface area (Å²) < 4.78 is 38.6. The summed E-state index contributed by atoms with van der Waals surface area (Å²) in [5.74, 6) is 0. The zero-order chi connectivity index (χ0) is 17.2. The number of nitrogens with zero attached hydrogens (tertiary/aromatic N) is 3. The van der Waals surface area contributed by atoms with Gasteiger partial charge in [0, 0.05) is 12.2 Å². The van der Waals surface area contributed by atoms with Crippen LogP contribution in [-0.2, 0) is 12.6 Å². The summed E-state index contributed by atoms with van der Waals surface area (Å²) in [5, 5.41) is 6.00. The van der Waals surface area contributed by atoms with E-state index in [1.54, 1.807) is 16.0 Å². The summed E-state index contributed by atoms with van der Waals surface area (Å²) in [7, 11) is 0. The molecule has 7 heteroatoms. The molecule has 0 bridgehead atoms. The Hall–Kier alpha value is -2.15. The second-order valence-corrected chi connectivity index (χ2v) is 5.89. The molecule has 1 heterocycles. The van der Waals surface area contributed by atoms with Crippen LogP contribution in [0, 0.1) is 0 Å². The molecule has 0 radical (unpaired) electrons. The molecular formula is C17H16F3N3S. The summed E-state index contributed by atoms with van der Waals surface area (Å²) in [6.45, 7) is 0.629. The second-order valence-electron chi connectivity index (χ2n) is 5.43. The molecule has 1 aliphatic heterocycles. The summed E-state index contributed by atoms with van der Waals surface area (Å²) in [4.78, 5) is 1.61. The minimum absolute atomic E-state index is 0.413. The zero-order valence-electron chi connectivity index (χ0n) is 12.7. The molecule has 1 unspecified atom stereocenters. The summed E-state index contributed by atoms with van der Waals surface area (Å²) in [6.07, 6.45) is -2.07. The van der Waals surface area contributed by atoms with Crippen LogP contribution in [0.2, 0.25) is 0 Å². The Morgan fingerprint density at radius 3 is 2.50 bits per heavy atom. The maximum atomic E-state index is 12.9. The molecule has 0 N–H and O–H groups in total. The first-order chi connectivity index (χ1) is 11.4. The van der Waals surface area contributed by atoms with E-state index in [1.165, 1.54) is 18.0 Å². The van der Waals surface area contributed by atoms with Gasteiger partial charge in [0.2, 0.25) is 0 Å². The van der Waals surface area contributed by atoms with E-state index in [0.717, 1.165) is 18.6 Å². The normalized spacial score (nSPS) is 17.6. The number of anilines is 1. The molecule has 0 spiro atoms. The smallest absolute Gasteiger partial charge is 0.300 e. The van der Waals surface area contributed by atoms with Crippen molar-refractivity contribution in [3.8, 4) is 0 Å². The fourth-order valence-electron chi connectivity index (χ4n) is 2.49. The highest BCUT2D eigenvalue weighted by Crippen LogP contribution is 2.33. The van der Waals surface area contributed by atoms with E-state index in [-0.39, 0.29) is 0 Å². The van der Waals surface area contributed by atoms with Crippen LogP contribution in [0.15, 0.2) is 59.7 Å². The van der Waals surface area contributed by atoms with Crippen LogP contribution in [0.4, 0.5) is 18.9 Å². The first-order valence-corrected chi connectivity index (χ1v) is 7.95. The second kappa shape index (κ2) is 6.76. The van der Waals surface area contributed by atoms with E-state index >= 15 is 0 Å². The van der Waals surface area contributed by atoms with Gasteiger partial charge in [0.15, 0.2) is 5.50 Å². The number of halogens is 3. The van der Waals surface area contributed by atoms with Crippen molar-refractivity contribution in [1.82, 2.24) is 5.01 Å². The Morgan fingerprint density at radius 1 is 1.04 bits per heavy atom. The third-order valence-electron chi connectivity index (χ3n) is 3.78. The molecule has 1 aliphatic rings. The highest BCUT2D eigenvalue weighted by molar-refractivity contribution is 7.81. The van der Waals surface area contributed by atoms with Crippen LogP contribution >= 0.6 is 12.6 Å². The molecular weight excluding hydrogens is 335 g/mol. The topological polar surface area (TPSA) is 18.8 Å². The first-order valence-electron chi connectivity index (χ1n) is 7.43. The highest BCUT2D eigenvalue weighted by Gasteiger charge is 2.32. The van der Waals surface area contributed by atoms with Gasteiger partial charge in [-0.15, -0.1) is 12.6 Å². The summed E-state index contributed by atoms with van der Waals surface area (Å²) >= 11 is 4.49. The van der Waals surface area contributed by atoms with E-state index in [1.807, 2.05) is 30.3 Å². The summed E-state index contributed by atoms with van der Waals surface area (Å²) in [6, 6.07) is 15.1. The predicted molar refractivity (Wildman–Crippen MR) is 92.0 cm³/mol. The molecule has 0 aliphatic carbocycles. The van der Waals surface area contributed by atoms with Crippen molar-refractivity contribution < 1.29 is 13.2 Å². The number of alkyl halides is 3. The van der Waals surface area contributed by atoms with Gasteiger partial charge in [0.1, 0.15) is 6.34 Å². The molecule has 2 aromatic carbocycles. The first kappa shape index (κ1) is 16.7. The fraction of sp³-hybridized carbons (Fsp3) is 0.235. The van der Waals surface area contributed by atoms with Crippen molar-refractivity contribution in [2.75, 3.05) is 11.4 Å². The third-order valence-corrected chi connectivity index (χ3v) is 4.30. The number of hydrazone groups is 1. The Morgan fingerprint density at radius 2 is 1.79 bits per heavy atom. The largest absolute Gasteiger partial charge is 0.416 e. The van der Waals surface area contributed by atoms with Gasteiger partial charge in [-0.05, 0) is 30.2 Å². The standard InChI is InChI=1S/C17H16F3N3S/c18-17(19,20)14-7-4-8-15(11-14)22-12-21-23(16(22)24)10-9-13-5-2-1-3-6-13/h1-8,11-12,16,24H,9-10H2. The number of hydrogen-bond donors (Lipinski definition) is 1. The van der Waals surface area contributed by atoms with Crippen LogP contribution in [-0.4, -0.2) is 23.4 Å². The molecule has 0 aromatic heterocycles. The van der Waals surface area contributed by atoms with E-state index in [4.69, 9.17) is 0 Å². The SMILES string of the molecule is FC(F)(F)c1cccc(N2C=NN(CCc3ccccc3)C2S)c1. The average Bonchev–Trinajstić information content (AvgIpc) is 2.94. The van der Waals surface area contributed by atoms with Gasteiger partial charge in [-0.1, -0.05) is 36.4 Å². The maximum absolute atomic E-state index is 12.9. The molecule has 1 atom stereocenters. The minimum atomic E-state index is -4.37. The van der Waals surface area contributed by atoms with Crippen LogP contribution in [0.3, 0.4) is 0 Å². The molecule has 0 saturated heterocycles. The Labute approximate surface area is 143 Å². The lowest BCUT2D eigenvalue weighted by atomic mass is 10.1. The van der Waals surface area contributed by atoms with Gasteiger partial charge in [0.05, 0.1) is 5.56 Å². The Kier molecular flexibility index (Phi) is 4.71. The molecule has 24 heavy (non-hydrogen) atoms. The monoisotopic (exact) mass is 351 g/mol. The van der Waals surface area contributed by atoms with Gasteiger partial charge in [-0.3, -0.25) is 9.91 Å². The highest BCUT2D eigenvalue weighted by atomic mass is 32.1. The van der Waals surface area contributed by atoms with Crippen molar-refractivity contribution in [3.05, 3.63) is 65.7 Å². The minimum Gasteiger partial charge on any atom is -0.300 e. The van der Waals surface area contributed by atoms with Crippen molar-refractivity contribution >= 4 is 24.7 Å². The number of benzene rings is 2. The van der Waals surface area contributed by atoms with Gasteiger partial charge in [-0.2, -0.15) is 18.3 Å². The van der Waals surface area contributed by atoms with Crippen LogP contribution in [0.5, 0.6) is 0 Å². The van der Waals surface area contributed by atoms with Gasteiger partial charge in [0.25, 0.3) is 0 Å². The van der Waals surface area contributed by atoms with E-state index in [9.17, 15) is 13.2 Å². The van der Waals surface area contributed by atoms with Gasteiger partial charge < -0.3 is 0 Å². The number of hydrogen-bond acceptors (Lipinski definition) is 4. The third kappa shape index (κ3) is 3.67. The lowest BCUT2D eigenvalue weighted by Crippen LogP contribution is -2.36. The van der Waals surface area contributed by atoms with E-state index in [0.29, 0.717) is 12.2 Å². The average molecular weight is 351 g/mol. The molecule has 0 amide bonds. The van der Waals surface area contributed by atoms with E-state index < -0.39 is 17.2 Å². The van der Waals surface area contributed by atoms with Crippen molar-refractivity contribution in [1.29, 1.82) is 0 Å². The lowest BCUT2D eigenvalue weighted by molar-refractivity contribution is -0.137. The lowest BCUT2D eigenvalue weighted by Gasteiger charge is -2.27. The molecule has 3 nitrogen and oxygen atoms in total. The quantitative estimate of drug-likeness (QED) is 0.832. The van der Waals surface area contributed by atoms with Gasteiger partial charge in [-0.25, -0.2) is 0 Å². The van der Waals surface area contributed by atoms with Crippen LogP contribution in [0.25, 0.3) is 0 Å². The summed E-state index contributed by atoms with van der Waals surface area (Å²) in [5.41, 5.74) is 0.468. The van der Waals surface area contributed by atoms with E-state index in [2.05, 4.69) is 17.7 Å². The molecule has 0 saturated carbocycles. The maximum Gasteiger partial charge on any atom is 0.416 e. The zero-order valence-corrected chi connectivity index (χ0v) is 13.6. The van der Waals surface area contributed by atoms with Crippen molar-refractivity contribution in [3.63, 3.8) is 0 Å². The number of thiol groups is 1. The van der Waals surface area contributed by atoms with Crippen LogP contribution < -0.4 is 4.90 Å². The molecule has 126 valence electrons. The predicted octanol–water partition coefficient (Wildman–Crippen LogP) is 4.23.